The van der Waals surface area contributed by atoms with Crippen molar-refractivity contribution < 1.29 is 49.3 Å². The van der Waals surface area contributed by atoms with Gasteiger partial charge in [0.2, 0.25) is 5.91 Å². The molecule has 1 saturated heterocycles. The van der Waals surface area contributed by atoms with Crippen LogP contribution in [-0.2, 0) is 23.8 Å². The molecule has 1 fully saturated rings. The van der Waals surface area contributed by atoms with Crippen LogP contribution in [0.2, 0.25) is 0 Å². The predicted molar refractivity (Wildman–Crippen MR) is 352 cm³/mol. The third-order valence-electron chi connectivity index (χ3n) is 16.2. The fourth-order valence-corrected chi connectivity index (χ4v) is 10.7. The maximum Gasteiger partial charge on any atom is 0.305 e. The molecular formula is C73H131NO10. The van der Waals surface area contributed by atoms with Gasteiger partial charge in [-0.05, 0) is 116 Å². The summed E-state index contributed by atoms with van der Waals surface area (Å²) in [5.74, 6) is -0.202. The van der Waals surface area contributed by atoms with Crippen LogP contribution in [0.4, 0.5) is 0 Å². The van der Waals surface area contributed by atoms with Crippen molar-refractivity contribution in [2.75, 3.05) is 19.8 Å². The van der Waals surface area contributed by atoms with Crippen molar-refractivity contribution in [1.29, 1.82) is 0 Å². The molecule has 6 N–H and O–H groups in total. The number of ether oxygens (including phenoxy) is 3. The Morgan fingerprint density at radius 3 is 1.25 bits per heavy atom. The van der Waals surface area contributed by atoms with Gasteiger partial charge in [0.1, 0.15) is 24.4 Å². The number of nitrogens with one attached hydrogen (secondary N) is 1. The quantitative estimate of drug-likeness (QED) is 0.0195. The van der Waals surface area contributed by atoms with Gasteiger partial charge in [0, 0.05) is 12.8 Å². The summed E-state index contributed by atoms with van der Waals surface area (Å²) in [4.78, 5) is 25.1. The minimum atomic E-state index is -1.58. The topological polar surface area (TPSA) is 175 Å². The number of carbonyl (C=O) groups excluding carboxylic acids is 2. The number of hydrogen-bond donors (Lipinski definition) is 6. The molecular weight excluding hydrogens is 1050 g/mol. The van der Waals surface area contributed by atoms with Crippen LogP contribution in [0.15, 0.2) is 72.9 Å². The minimum Gasteiger partial charge on any atom is -0.466 e. The summed E-state index contributed by atoms with van der Waals surface area (Å²) in [5, 5.41) is 54.4. The van der Waals surface area contributed by atoms with Crippen LogP contribution in [0.1, 0.15) is 316 Å². The second-order valence-corrected chi connectivity index (χ2v) is 24.2. The number of carbonyl (C=O) groups is 2. The maximum absolute atomic E-state index is 13.1. The predicted octanol–water partition coefficient (Wildman–Crippen LogP) is 17.9. The van der Waals surface area contributed by atoms with Gasteiger partial charge in [-0.15, -0.1) is 0 Å². The van der Waals surface area contributed by atoms with Gasteiger partial charge in [-0.3, -0.25) is 9.59 Å². The van der Waals surface area contributed by atoms with Gasteiger partial charge in [-0.25, -0.2) is 0 Å². The highest BCUT2D eigenvalue weighted by atomic mass is 16.7. The van der Waals surface area contributed by atoms with Crippen LogP contribution in [0.5, 0.6) is 0 Å². The maximum atomic E-state index is 13.1. The molecule has 1 rings (SSSR count). The Hall–Kier alpha value is -2.90. The summed E-state index contributed by atoms with van der Waals surface area (Å²) < 4.78 is 16.7. The Morgan fingerprint density at radius 2 is 0.810 bits per heavy atom. The van der Waals surface area contributed by atoms with E-state index in [0.29, 0.717) is 19.4 Å². The molecule has 488 valence electrons. The van der Waals surface area contributed by atoms with Crippen molar-refractivity contribution in [2.45, 2.75) is 358 Å². The molecule has 0 saturated carbocycles. The molecule has 0 aliphatic carbocycles. The zero-order valence-corrected chi connectivity index (χ0v) is 54.1. The first kappa shape index (κ1) is 79.1. The van der Waals surface area contributed by atoms with E-state index in [1.807, 2.05) is 6.08 Å². The molecule has 0 aromatic rings. The smallest absolute Gasteiger partial charge is 0.305 e. The molecule has 84 heavy (non-hydrogen) atoms. The van der Waals surface area contributed by atoms with Gasteiger partial charge in [-0.1, -0.05) is 260 Å². The first-order chi connectivity index (χ1) is 41.2. The van der Waals surface area contributed by atoms with E-state index in [9.17, 15) is 35.1 Å². The highest BCUT2D eigenvalue weighted by Crippen LogP contribution is 2.23. The Bertz CT molecular complexity index is 1630. The number of esters is 1. The summed E-state index contributed by atoms with van der Waals surface area (Å²) in [5.41, 5.74) is 0. The molecule has 0 bridgehead atoms. The first-order valence-electron chi connectivity index (χ1n) is 35.2. The van der Waals surface area contributed by atoms with Crippen LogP contribution >= 0.6 is 0 Å². The Morgan fingerprint density at radius 1 is 0.440 bits per heavy atom. The highest BCUT2D eigenvalue weighted by molar-refractivity contribution is 5.76. The second kappa shape index (κ2) is 61.7. The summed E-state index contributed by atoms with van der Waals surface area (Å²) in [6.45, 7) is 4.28. The van der Waals surface area contributed by atoms with Crippen molar-refractivity contribution in [2.24, 2.45) is 0 Å². The van der Waals surface area contributed by atoms with E-state index in [2.05, 4.69) is 79.9 Å². The lowest BCUT2D eigenvalue weighted by Gasteiger charge is -2.40. The van der Waals surface area contributed by atoms with Gasteiger partial charge in [0.05, 0.1) is 32.0 Å². The van der Waals surface area contributed by atoms with Crippen molar-refractivity contribution >= 4 is 11.9 Å². The van der Waals surface area contributed by atoms with Crippen LogP contribution in [0.25, 0.3) is 0 Å². The molecule has 0 radical (unpaired) electrons. The van der Waals surface area contributed by atoms with E-state index in [1.54, 1.807) is 6.08 Å². The normalized spacial score (nSPS) is 18.5. The number of hydrogen-bond acceptors (Lipinski definition) is 10. The van der Waals surface area contributed by atoms with Crippen molar-refractivity contribution in [3.63, 3.8) is 0 Å². The number of aliphatic hydroxyl groups excluding tert-OH is 5. The molecule has 11 nitrogen and oxygen atoms in total. The van der Waals surface area contributed by atoms with E-state index in [1.165, 1.54) is 212 Å². The summed E-state index contributed by atoms with van der Waals surface area (Å²) >= 11 is 0. The van der Waals surface area contributed by atoms with Gasteiger partial charge in [-0.2, -0.15) is 0 Å². The van der Waals surface area contributed by atoms with Gasteiger partial charge >= 0.3 is 5.97 Å². The molecule has 11 heteroatoms. The van der Waals surface area contributed by atoms with Crippen molar-refractivity contribution in [3.8, 4) is 0 Å². The molecule has 7 unspecified atom stereocenters. The van der Waals surface area contributed by atoms with Crippen LogP contribution in [0, 0.1) is 0 Å². The largest absolute Gasteiger partial charge is 0.466 e. The molecule has 1 amide bonds. The molecule has 0 aromatic carbocycles. The van der Waals surface area contributed by atoms with E-state index >= 15 is 0 Å². The highest BCUT2D eigenvalue weighted by Gasteiger charge is 2.44. The molecule has 7 atom stereocenters. The monoisotopic (exact) mass is 1180 g/mol. The van der Waals surface area contributed by atoms with E-state index in [-0.39, 0.29) is 18.5 Å². The summed E-state index contributed by atoms with van der Waals surface area (Å²) in [7, 11) is 0. The minimum absolute atomic E-state index is 0.00582. The standard InChI is InChI=1S/C73H131NO10/c1-3-5-7-9-11-13-15-36-39-43-47-51-55-59-66(76)65(64-83-73-72(81)71(80)70(79)67(63-75)84-73)74-68(77)60-56-52-48-44-40-37-34-32-30-28-26-24-22-20-18-17-19-21-23-25-27-29-31-33-35-38-42-46-50-54-58-62-82-69(78)61-57-53-49-45-41-16-14-12-10-8-6-4-2/h11-14,19,21,25,27,39,43,55,59,65-67,70-73,75-76,79-81H,3-10,15-18,20,22-24,26,28-38,40-42,44-54,56-58,60-64H2,1-2H3,(H,74,77)/b13-11+,14-12-,21-19-,27-25-,43-39+,59-55+. The molecule has 1 heterocycles. The number of allylic oxidation sites excluding steroid dienone is 11. The fraction of sp³-hybridized carbons (Fsp3) is 0.808. The summed E-state index contributed by atoms with van der Waals surface area (Å²) in [6, 6.07) is -0.836. The van der Waals surface area contributed by atoms with Crippen molar-refractivity contribution in [3.05, 3.63) is 72.9 Å². The molecule has 1 aliphatic heterocycles. The van der Waals surface area contributed by atoms with Crippen molar-refractivity contribution in [1.82, 2.24) is 5.32 Å². The molecule has 1 aliphatic rings. The zero-order valence-electron chi connectivity index (χ0n) is 54.1. The molecule has 0 aromatic heterocycles. The van der Waals surface area contributed by atoms with Gasteiger partial charge in [0.15, 0.2) is 6.29 Å². The van der Waals surface area contributed by atoms with E-state index in [0.717, 1.165) is 77.0 Å². The van der Waals surface area contributed by atoms with E-state index < -0.39 is 49.5 Å². The number of amides is 1. The zero-order chi connectivity index (χ0) is 60.9. The Kier molecular flexibility index (Phi) is 58.1. The third kappa shape index (κ3) is 50.1. The average Bonchev–Trinajstić information content (AvgIpc) is 3.68. The summed E-state index contributed by atoms with van der Waals surface area (Å²) in [6.07, 6.45) is 73.2. The average molecular weight is 1180 g/mol. The SMILES string of the molecule is CCCCC/C=C\CCCCCCCC(=O)OCCCCCCCCCCC/C=C\C/C=C\CCCCCCCCCCCCCCCCCC(=O)NC(COC1OC(CO)C(O)C(O)C1O)C(O)/C=C/CC/C=C/CC/C=C/CCCCC. The lowest BCUT2D eigenvalue weighted by Crippen LogP contribution is -2.60. The van der Waals surface area contributed by atoms with Crippen LogP contribution < -0.4 is 5.32 Å². The second-order valence-electron chi connectivity index (χ2n) is 24.2. The number of aliphatic hydroxyl groups is 5. The van der Waals surface area contributed by atoms with Gasteiger partial charge in [0.25, 0.3) is 0 Å². The third-order valence-corrected chi connectivity index (χ3v) is 16.2. The molecule has 0 spiro atoms. The van der Waals surface area contributed by atoms with Crippen LogP contribution in [-0.4, -0.2) is 100 Å². The lowest BCUT2D eigenvalue weighted by molar-refractivity contribution is -0.302. The number of rotatable bonds is 61. The van der Waals surface area contributed by atoms with Crippen LogP contribution in [0.3, 0.4) is 0 Å². The number of unbranched alkanes of at least 4 members (excludes halogenated alkanes) is 37. The Balaban J connectivity index is 1.99. The van der Waals surface area contributed by atoms with E-state index in [4.69, 9.17) is 14.2 Å². The fourth-order valence-electron chi connectivity index (χ4n) is 10.7. The Labute approximate surface area is 515 Å². The van der Waals surface area contributed by atoms with Gasteiger partial charge < -0.3 is 45.1 Å². The first-order valence-corrected chi connectivity index (χ1v) is 35.2. The lowest BCUT2D eigenvalue weighted by atomic mass is 9.99.